The van der Waals surface area contributed by atoms with Crippen LogP contribution in [0.4, 0.5) is 4.79 Å². The quantitative estimate of drug-likeness (QED) is 0.237. The number of hydrogen-bond donors (Lipinski definition) is 1. The monoisotopic (exact) mass is 481 g/mol. The van der Waals surface area contributed by atoms with Crippen LogP contribution in [0.2, 0.25) is 18.1 Å². The molecule has 180 valence electrons. The van der Waals surface area contributed by atoms with E-state index in [0.717, 1.165) is 10.6 Å². The van der Waals surface area contributed by atoms with Crippen LogP contribution >= 0.6 is 11.3 Å². The Kier molecular flexibility index (Phi) is 8.86. The highest BCUT2D eigenvalue weighted by Crippen LogP contribution is 2.38. The Balaban J connectivity index is 2.40. The molecular weight excluding hydrogens is 442 g/mol. The average Bonchev–Trinajstić information content (AvgIpc) is 3.18. The third-order valence-corrected chi connectivity index (χ3v) is 11.0. The van der Waals surface area contributed by atoms with Gasteiger partial charge in [0.25, 0.3) is 0 Å². The molecule has 0 aromatic carbocycles. The number of hydroxylamine groups is 1. The molecule has 1 aliphatic heterocycles. The van der Waals surface area contributed by atoms with Gasteiger partial charge in [-0.05, 0) is 38.9 Å². The highest BCUT2D eigenvalue weighted by Gasteiger charge is 2.42. The first-order chi connectivity index (χ1) is 14.7. The van der Waals surface area contributed by atoms with Crippen molar-refractivity contribution in [2.75, 3.05) is 19.8 Å². The first kappa shape index (κ1) is 26.7. The molecule has 0 unspecified atom stereocenters. The summed E-state index contributed by atoms with van der Waals surface area (Å²) in [5.74, 6) is 0. The van der Waals surface area contributed by atoms with Gasteiger partial charge in [0.15, 0.2) is 8.32 Å². The van der Waals surface area contributed by atoms with Crippen molar-refractivity contribution >= 4 is 31.3 Å². The predicted octanol–water partition coefficient (Wildman–Crippen LogP) is 5.24. The van der Waals surface area contributed by atoms with Crippen molar-refractivity contribution in [1.29, 1.82) is 0 Å². The van der Waals surface area contributed by atoms with E-state index in [0.29, 0.717) is 19.8 Å². The molecule has 2 heterocycles. The van der Waals surface area contributed by atoms with Crippen molar-refractivity contribution in [3.8, 4) is 0 Å². The zero-order valence-electron chi connectivity index (χ0n) is 20.7. The predicted molar refractivity (Wildman–Crippen MR) is 133 cm³/mol. The minimum atomic E-state index is -2.03. The van der Waals surface area contributed by atoms with Crippen LogP contribution in [0, 0.1) is 0 Å². The van der Waals surface area contributed by atoms with Crippen LogP contribution < -0.4 is 5.48 Å². The third kappa shape index (κ3) is 7.24. The topological polar surface area (TPSA) is 72.9 Å². The van der Waals surface area contributed by atoms with Gasteiger partial charge < -0.3 is 9.16 Å². The summed E-state index contributed by atoms with van der Waals surface area (Å²) in [5.41, 5.74) is 3.36. The van der Waals surface area contributed by atoms with Gasteiger partial charge in [0.2, 0.25) is 0 Å². The highest BCUT2D eigenvalue weighted by atomic mass is 32.1. The summed E-state index contributed by atoms with van der Waals surface area (Å²) >= 11 is 1.54. The van der Waals surface area contributed by atoms with E-state index in [1.807, 2.05) is 26.2 Å². The zero-order valence-corrected chi connectivity index (χ0v) is 22.5. The van der Waals surface area contributed by atoms with Gasteiger partial charge in [-0.3, -0.25) is 9.74 Å². The Morgan fingerprint density at radius 1 is 1.34 bits per heavy atom. The summed E-state index contributed by atoms with van der Waals surface area (Å²) in [6.45, 7) is 21.5. The number of nitrogens with zero attached hydrogens (tertiary/aromatic N) is 2. The largest absolute Gasteiger partial charge is 0.444 e. The summed E-state index contributed by atoms with van der Waals surface area (Å²) in [7, 11) is -2.03. The van der Waals surface area contributed by atoms with Crippen molar-refractivity contribution < 1.29 is 18.8 Å². The first-order valence-electron chi connectivity index (χ1n) is 11.0. The number of ether oxygens (including phenoxy) is 1. The van der Waals surface area contributed by atoms with Gasteiger partial charge in [0.1, 0.15) is 10.6 Å². The van der Waals surface area contributed by atoms with Crippen LogP contribution in [-0.2, 0) is 14.0 Å². The second-order valence-electron chi connectivity index (χ2n) is 10.5. The second kappa shape index (κ2) is 10.6. The molecule has 0 bridgehead atoms. The number of carbonyl (C=O) groups excluding carboxylic acids is 1. The van der Waals surface area contributed by atoms with Crippen molar-refractivity contribution in [1.82, 2.24) is 15.4 Å². The van der Waals surface area contributed by atoms with Crippen LogP contribution in [0.5, 0.6) is 0 Å². The van der Waals surface area contributed by atoms with E-state index in [2.05, 4.69) is 57.0 Å². The fraction of sp³-hybridized carbons (Fsp3) is 0.652. The number of nitrogens with one attached hydrogen (secondary N) is 1. The molecule has 7 nitrogen and oxygen atoms in total. The lowest BCUT2D eigenvalue weighted by Gasteiger charge is -2.42. The standard InChI is InChI=1S/C23H39N3O4SSi/c1-10-12-28-25-17-14-18(20-24-11-13-31-20)19(16-29-32(8,9)23(5,6)7)26(15-17)21(27)30-22(2,3)4/h10-11,13-14,17,19,25H,1,12,15-16H2,2-9H3/t17-,19-/m1/s1. The van der Waals surface area contributed by atoms with Crippen LogP contribution in [0.25, 0.3) is 5.57 Å². The van der Waals surface area contributed by atoms with E-state index in [-0.39, 0.29) is 23.2 Å². The van der Waals surface area contributed by atoms with Crippen LogP contribution in [0.15, 0.2) is 30.3 Å². The van der Waals surface area contributed by atoms with E-state index in [4.69, 9.17) is 14.0 Å². The molecule has 1 N–H and O–H groups in total. The molecule has 0 radical (unpaired) electrons. The average molecular weight is 482 g/mol. The first-order valence-corrected chi connectivity index (χ1v) is 14.8. The second-order valence-corrected chi connectivity index (χ2v) is 16.2. The molecule has 0 saturated heterocycles. The summed E-state index contributed by atoms with van der Waals surface area (Å²) in [4.78, 5) is 25.0. The Labute approximate surface area is 197 Å². The number of hydrogen-bond acceptors (Lipinski definition) is 7. The van der Waals surface area contributed by atoms with E-state index in [1.165, 1.54) is 0 Å². The van der Waals surface area contributed by atoms with Crippen molar-refractivity contribution in [3.05, 3.63) is 35.3 Å². The Morgan fingerprint density at radius 2 is 2.03 bits per heavy atom. The fourth-order valence-electron chi connectivity index (χ4n) is 2.96. The summed E-state index contributed by atoms with van der Waals surface area (Å²) in [6.07, 6.45) is 5.15. The van der Waals surface area contributed by atoms with Crippen molar-refractivity contribution in [2.45, 2.75) is 77.4 Å². The molecule has 1 amide bonds. The maximum Gasteiger partial charge on any atom is 0.410 e. The molecule has 1 aliphatic rings. The van der Waals surface area contributed by atoms with Gasteiger partial charge in [-0.1, -0.05) is 32.9 Å². The minimum Gasteiger partial charge on any atom is -0.444 e. The lowest BCUT2D eigenvalue weighted by Crippen LogP contribution is -2.55. The summed E-state index contributed by atoms with van der Waals surface area (Å²) in [6, 6.07) is -0.520. The van der Waals surface area contributed by atoms with E-state index in [1.54, 1.807) is 28.5 Å². The number of amides is 1. The number of rotatable bonds is 8. The van der Waals surface area contributed by atoms with E-state index >= 15 is 0 Å². The maximum atomic E-state index is 13.3. The molecule has 1 aromatic heterocycles. The van der Waals surface area contributed by atoms with Crippen LogP contribution in [-0.4, -0.2) is 61.7 Å². The number of carbonyl (C=O) groups is 1. The Morgan fingerprint density at radius 3 is 2.56 bits per heavy atom. The number of thiazole rings is 1. The lowest BCUT2D eigenvalue weighted by atomic mass is 9.98. The van der Waals surface area contributed by atoms with E-state index < -0.39 is 13.9 Å². The molecular formula is C23H39N3O4SSi. The summed E-state index contributed by atoms with van der Waals surface area (Å²) in [5, 5.41) is 2.86. The van der Waals surface area contributed by atoms with E-state index in [9.17, 15) is 4.79 Å². The molecule has 1 aromatic rings. The van der Waals surface area contributed by atoms with Gasteiger partial charge >= 0.3 is 6.09 Å². The molecule has 0 fully saturated rings. The van der Waals surface area contributed by atoms with Gasteiger partial charge in [-0.2, -0.15) is 5.48 Å². The Bertz CT molecular complexity index is 797. The molecule has 2 rings (SSSR count). The minimum absolute atomic E-state index is 0.0616. The van der Waals surface area contributed by atoms with Gasteiger partial charge in [-0.15, -0.1) is 17.9 Å². The van der Waals surface area contributed by atoms with Crippen molar-refractivity contribution in [2.24, 2.45) is 0 Å². The summed E-state index contributed by atoms with van der Waals surface area (Å²) < 4.78 is 12.3. The smallest absolute Gasteiger partial charge is 0.410 e. The lowest BCUT2D eigenvalue weighted by molar-refractivity contribution is -0.000111. The third-order valence-electron chi connectivity index (χ3n) is 5.66. The molecule has 2 atom stereocenters. The maximum absolute atomic E-state index is 13.3. The zero-order chi connectivity index (χ0) is 24.2. The molecule has 0 spiro atoms. The molecule has 9 heteroatoms. The molecule has 0 saturated carbocycles. The van der Waals surface area contributed by atoms with Gasteiger partial charge in [-0.25, -0.2) is 9.78 Å². The van der Waals surface area contributed by atoms with Gasteiger partial charge in [0.05, 0.1) is 25.3 Å². The molecule has 32 heavy (non-hydrogen) atoms. The van der Waals surface area contributed by atoms with Crippen LogP contribution in [0.1, 0.15) is 46.6 Å². The molecule has 0 aliphatic carbocycles. The van der Waals surface area contributed by atoms with Gasteiger partial charge in [0, 0.05) is 23.7 Å². The van der Waals surface area contributed by atoms with Crippen LogP contribution in [0.3, 0.4) is 0 Å². The van der Waals surface area contributed by atoms with Crippen molar-refractivity contribution in [3.63, 3.8) is 0 Å². The SMILES string of the molecule is C=CCON[C@@H]1C=C(c2nccs2)[C@@H](CO[Si](C)(C)C(C)(C)C)N(C(=O)OC(C)(C)C)C1. The normalized spacial score (nSPS) is 20.1. The fourth-order valence-corrected chi connectivity index (χ4v) is 4.68. The Hall–Kier alpha value is -1.52. The number of aromatic nitrogens is 1. The highest BCUT2D eigenvalue weighted by molar-refractivity contribution is 7.10.